The summed E-state index contributed by atoms with van der Waals surface area (Å²) < 4.78 is 10.5. The van der Waals surface area contributed by atoms with Crippen LogP contribution in [-0.4, -0.2) is 76.6 Å². The summed E-state index contributed by atoms with van der Waals surface area (Å²) in [5.74, 6) is 0. The lowest BCUT2D eigenvalue weighted by molar-refractivity contribution is -0.523. The first-order chi connectivity index (χ1) is 8.54. The van der Waals surface area contributed by atoms with Gasteiger partial charge in [0.15, 0.2) is 18.5 Å². The summed E-state index contributed by atoms with van der Waals surface area (Å²) in [5, 5.41) is 37.2. The first-order valence-corrected chi connectivity index (χ1v) is 5.79. The molecule has 4 unspecified atom stereocenters. The van der Waals surface area contributed by atoms with Crippen LogP contribution in [0, 0.1) is 0 Å². The van der Waals surface area contributed by atoms with Gasteiger partial charge in [0.1, 0.15) is 18.3 Å². The molecule has 2 aliphatic rings. The molecule has 2 heterocycles. The van der Waals surface area contributed by atoms with Crippen molar-refractivity contribution in [2.24, 2.45) is 0 Å². The van der Waals surface area contributed by atoms with E-state index in [0.717, 1.165) is 0 Å². The number of aliphatic hydroxyl groups excluding tert-OH is 4. The van der Waals surface area contributed by atoms with E-state index in [1.54, 1.807) is 0 Å². The number of hydrogen-bond acceptors (Lipinski definition) is 8. The van der Waals surface area contributed by atoms with E-state index in [4.69, 9.17) is 29.5 Å². The minimum Gasteiger partial charge on any atom is -0.394 e. The van der Waals surface area contributed by atoms with E-state index >= 15 is 0 Å². The zero-order chi connectivity index (χ0) is 13.3. The Bertz CT molecular complexity index is 273. The molecule has 8 heteroatoms. The van der Waals surface area contributed by atoms with Gasteiger partial charge in [0.05, 0.1) is 19.3 Å². The molecule has 0 aromatic heterocycles. The molecule has 8 nitrogen and oxygen atoms in total. The van der Waals surface area contributed by atoms with E-state index in [1.807, 2.05) is 0 Å². The number of rotatable bonds is 5. The second kappa shape index (κ2) is 5.76. The van der Waals surface area contributed by atoms with Crippen LogP contribution >= 0.6 is 0 Å². The van der Waals surface area contributed by atoms with Gasteiger partial charge in [-0.2, -0.15) is 0 Å². The van der Waals surface area contributed by atoms with E-state index in [1.165, 1.54) is 6.92 Å². The van der Waals surface area contributed by atoms with Gasteiger partial charge >= 0.3 is 0 Å². The summed E-state index contributed by atoms with van der Waals surface area (Å²) in [7, 11) is 0. The van der Waals surface area contributed by atoms with Crippen LogP contribution in [-0.2, 0) is 19.2 Å². The molecule has 4 N–H and O–H groups in total. The van der Waals surface area contributed by atoms with E-state index in [9.17, 15) is 10.2 Å². The van der Waals surface area contributed by atoms with Gasteiger partial charge in [0, 0.05) is 0 Å². The summed E-state index contributed by atoms with van der Waals surface area (Å²) in [6, 6.07) is 0. The second-order valence-electron chi connectivity index (χ2n) is 4.49. The molecule has 0 aromatic carbocycles. The predicted octanol–water partition coefficient (Wildman–Crippen LogP) is -2.48. The lowest BCUT2D eigenvalue weighted by atomic mass is 9.94. The first kappa shape index (κ1) is 14.1. The van der Waals surface area contributed by atoms with Crippen molar-refractivity contribution < 1.29 is 39.7 Å². The second-order valence-corrected chi connectivity index (χ2v) is 4.49. The Morgan fingerprint density at radius 2 is 1.89 bits per heavy atom. The normalized spacial score (nSPS) is 42.8. The topological polar surface area (TPSA) is 118 Å². The van der Waals surface area contributed by atoms with Crippen LogP contribution in [0.4, 0.5) is 0 Å². The fourth-order valence-corrected chi connectivity index (χ4v) is 1.93. The van der Waals surface area contributed by atoms with Crippen molar-refractivity contribution in [1.29, 1.82) is 0 Å². The highest BCUT2D eigenvalue weighted by atomic mass is 17.3. The van der Waals surface area contributed by atoms with Crippen LogP contribution in [0.5, 0.6) is 0 Å². The van der Waals surface area contributed by atoms with Crippen molar-refractivity contribution in [3.05, 3.63) is 0 Å². The van der Waals surface area contributed by atoms with Crippen LogP contribution in [0.15, 0.2) is 0 Å². The molecule has 2 saturated heterocycles. The molecule has 18 heavy (non-hydrogen) atoms. The average Bonchev–Trinajstić information content (AvgIpc) is 2.28. The molecule has 7 atom stereocenters. The Hall–Kier alpha value is -0.320. The summed E-state index contributed by atoms with van der Waals surface area (Å²) in [6.45, 7) is 0.887. The van der Waals surface area contributed by atoms with Gasteiger partial charge < -0.3 is 29.9 Å². The minimum absolute atomic E-state index is 0.191. The lowest BCUT2D eigenvalue weighted by Crippen LogP contribution is -2.67. The molecular formula is C10H18O8. The third-order valence-corrected chi connectivity index (χ3v) is 2.97. The van der Waals surface area contributed by atoms with Gasteiger partial charge in [-0.25, -0.2) is 9.78 Å². The third-order valence-electron chi connectivity index (χ3n) is 2.97. The highest BCUT2D eigenvalue weighted by Gasteiger charge is 2.55. The van der Waals surface area contributed by atoms with Crippen LogP contribution in [0.1, 0.15) is 6.92 Å². The van der Waals surface area contributed by atoms with Gasteiger partial charge in [-0.15, -0.1) is 0 Å². The van der Waals surface area contributed by atoms with Gasteiger partial charge in [0.25, 0.3) is 0 Å². The SMILES string of the molecule is CC(O)C1O[C@@H](OCC(O)CO)[C@@H](O)C2OO[C@H]12. The van der Waals surface area contributed by atoms with Crippen molar-refractivity contribution in [2.45, 2.75) is 49.8 Å². The molecule has 106 valence electrons. The largest absolute Gasteiger partial charge is 0.394 e. The monoisotopic (exact) mass is 266 g/mol. The van der Waals surface area contributed by atoms with Gasteiger partial charge in [-0.05, 0) is 6.92 Å². The van der Waals surface area contributed by atoms with Crippen molar-refractivity contribution in [3.8, 4) is 0 Å². The maximum atomic E-state index is 9.86. The molecule has 0 saturated carbocycles. The average molecular weight is 266 g/mol. The van der Waals surface area contributed by atoms with E-state index < -0.39 is 49.5 Å². The number of ether oxygens (including phenoxy) is 2. The van der Waals surface area contributed by atoms with Crippen LogP contribution in [0.2, 0.25) is 0 Å². The Kier molecular flexibility index (Phi) is 4.51. The number of hydrogen-bond donors (Lipinski definition) is 4. The van der Waals surface area contributed by atoms with Crippen LogP contribution in [0.3, 0.4) is 0 Å². The number of aliphatic hydroxyl groups is 4. The highest BCUT2D eigenvalue weighted by molar-refractivity contribution is 4.95. The predicted molar refractivity (Wildman–Crippen MR) is 55.1 cm³/mol. The zero-order valence-corrected chi connectivity index (χ0v) is 9.88. The molecular weight excluding hydrogens is 248 g/mol. The van der Waals surface area contributed by atoms with Gasteiger partial charge in [-0.1, -0.05) is 0 Å². The van der Waals surface area contributed by atoms with Crippen LogP contribution < -0.4 is 0 Å². The Balaban J connectivity index is 1.93. The highest BCUT2D eigenvalue weighted by Crippen LogP contribution is 2.34. The summed E-state index contributed by atoms with van der Waals surface area (Å²) in [5.41, 5.74) is 0. The molecule has 2 rings (SSSR count). The Morgan fingerprint density at radius 3 is 2.39 bits per heavy atom. The van der Waals surface area contributed by atoms with E-state index in [2.05, 4.69) is 0 Å². The molecule has 2 aliphatic heterocycles. The van der Waals surface area contributed by atoms with Crippen molar-refractivity contribution >= 4 is 0 Å². The smallest absolute Gasteiger partial charge is 0.186 e. The van der Waals surface area contributed by atoms with Crippen LogP contribution in [0.25, 0.3) is 0 Å². The first-order valence-electron chi connectivity index (χ1n) is 5.79. The Labute approximate surface area is 104 Å². The fourth-order valence-electron chi connectivity index (χ4n) is 1.93. The molecule has 0 amide bonds. The lowest BCUT2D eigenvalue weighted by Gasteiger charge is -2.49. The molecule has 2 fully saturated rings. The fraction of sp³-hybridized carbons (Fsp3) is 1.00. The van der Waals surface area contributed by atoms with E-state index in [0.29, 0.717) is 0 Å². The number of fused-ring (bicyclic) bond motifs is 1. The van der Waals surface area contributed by atoms with Crippen molar-refractivity contribution in [3.63, 3.8) is 0 Å². The van der Waals surface area contributed by atoms with Crippen molar-refractivity contribution in [1.82, 2.24) is 0 Å². The van der Waals surface area contributed by atoms with Crippen molar-refractivity contribution in [2.75, 3.05) is 13.2 Å². The summed E-state index contributed by atoms with van der Waals surface area (Å²) in [6.07, 6.45) is -5.84. The zero-order valence-electron chi connectivity index (χ0n) is 9.88. The third kappa shape index (κ3) is 2.65. The van der Waals surface area contributed by atoms with Gasteiger partial charge in [-0.3, -0.25) is 0 Å². The van der Waals surface area contributed by atoms with E-state index in [-0.39, 0.29) is 6.61 Å². The Morgan fingerprint density at radius 1 is 1.22 bits per heavy atom. The molecule has 0 spiro atoms. The maximum Gasteiger partial charge on any atom is 0.186 e. The van der Waals surface area contributed by atoms with Gasteiger partial charge in [0.2, 0.25) is 0 Å². The molecule has 0 aliphatic carbocycles. The molecule has 0 bridgehead atoms. The summed E-state index contributed by atoms with van der Waals surface area (Å²) in [4.78, 5) is 9.54. The maximum absolute atomic E-state index is 9.86. The molecule has 0 aromatic rings. The standard InChI is InChI=1S/C10H18O8/c1-4(12)7-9-8(17-18-9)6(14)10(16-7)15-3-5(13)2-11/h4-14H,2-3H2,1H3/t4?,5?,6-,7?,8?,9+,10+/m0/s1. The summed E-state index contributed by atoms with van der Waals surface area (Å²) >= 11 is 0. The molecule has 0 radical (unpaired) electrons. The quantitative estimate of drug-likeness (QED) is 0.404. The minimum atomic E-state index is -1.08.